The fourth-order valence-corrected chi connectivity index (χ4v) is 2.36. The minimum absolute atomic E-state index is 0.0606. The van der Waals surface area contributed by atoms with Crippen molar-refractivity contribution in [3.05, 3.63) is 29.8 Å². The van der Waals surface area contributed by atoms with Gasteiger partial charge in [-0.25, -0.2) is 0 Å². The number of hydrogen-bond donors (Lipinski definition) is 1. The molecule has 0 radical (unpaired) electrons. The molecule has 0 heterocycles. The highest BCUT2D eigenvalue weighted by atomic mass is 19.4. The van der Waals surface area contributed by atoms with Crippen LogP contribution >= 0.6 is 0 Å². The van der Waals surface area contributed by atoms with E-state index < -0.39 is 37.1 Å². The summed E-state index contributed by atoms with van der Waals surface area (Å²) < 4.78 is 98.0. The summed E-state index contributed by atoms with van der Waals surface area (Å²) in [6, 6.07) is 4.75. The van der Waals surface area contributed by atoms with Crippen molar-refractivity contribution in [2.24, 2.45) is 0 Å². The lowest BCUT2D eigenvalue weighted by Gasteiger charge is -2.26. The van der Waals surface area contributed by atoms with E-state index in [9.17, 15) is 35.8 Å². The molecule has 4 nitrogen and oxygen atoms in total. The fourth-order valence-electron chi connectivity index (χ4n) is 2.36. The first kappa shape index (κ1) is 25.4. The molecule has 0 amide bonds. The molecule has 1 atom stereocenters. The Labute approximate surface area is 164 Å². The third-order valence-electron chi connectivity index (χ3n) is 3.69. The molecular weight excluding hydrogens is 411 g/mol. The van der Waals surface area contributed by atoms with Crippen molar-refractivity contribution in [2.75, 3.05) is 19.7 Å². The predicted molar refractivity (Wildman–Crippen MR) is 91.1 cm³/mol. The first-order valence-electron chi connectivity index (χ1n) is 8.84. The number of aliphatic hydroxyl groups excluding tert-OH is 1. The number of rotatable bonds is 12. The number of alkyl halides is 7. The van der Waals surface area contributed by atoms with Crippen LogP contribution in [0.5, 0.6) is 5.75 Å². The zero-order chi connectivity index (χ0) is 22.2. The zero-order valence-electron chi connectivity index (χ0n) is 15.9. The van der Waals surface area contributed by atoms with Gasteiger partial charge in [0.15, 0.2) is 6.10 Å². The van der Waals surface area contributed by atoms with Crippen LogP contribution in [0.2, 0.25) is 0 Å². The standard InChI is InChI=1S/C18H24F7NO3/c1-12(2)28-8-4-7-26(11-15(27)17(21,22)23)10-13-5-3-6-14(9-13)29-18(24,25)16(19)20/h3,5-6,9,12,15-16,27H,4,7-8,10-11H2,1-2H3. The molecule has 29 heavy (non-hydrogen) atoms. The number of nitrogens with zero attached hydrogens (tertiary/aromatic N) is 1. The van der Waals surface area contributed by atoms with Gasteiger partial charge >= 0.3 is 18.7 Å². The predicted octanol–water partition coefficient (Wildman–Crippen LogP) is 4.46. The third-order valence-corrected chi connectivity index (χ3v) is 3.69. The summed E-state index contributed by atoms with van der Waals surface area (Å²) in [7, 11) is 0. The minimum Gasteiger partial charge on any atom is -0.428 e. The molecule has 0 aliphatic carbocycles. The molecule has 1 rings (SSSR count). The molecule has 0 aromatic heterocycles. The first-order valence-corrected chi connectivity index (χ1v) is 8.84. The van der Waals surface area contributed by atoms with Crippen LogP contribution in [0.25, 0.3) is 0 Å². The van der Waals surface area contributed by atoms with Crippen LogP contribution in [-0.2, 0) is 11.3 Å². The Hall–Kier alpha value is -1.59. The SMILES string of the molecule is CC(C)OCCCN(Cc1cccc(OC(F)(F)C(F)F)c1)CC(O)C(F)(F)F. The molecule has 168 valence electrons. The van der Waals surface area contributed by atoms with Crippen molar-refractivity contribution in [2.45, 2.75) is 57.7 Å². The topological polar surface area (TPSA) is 41.9 Å². The largest absolute Gasteiger partial charge is 0.461 e. The summed E-state index contributed by atoms with van der Waals surface area (Å²) >= 11 is 0. The maximum Gasteiger partial charge on any atom is 0.461 e. The van der Waals surface area contributed by atoms with Gasteiger partial charge in [0, 0.05) is 26.2 Å². The van der Waals surface area contributed by atoms with Gasteiger partial charge in [-0.05, 0) is 38.0 Å². The second kappa shape index (κ2) is 11.0. The molecule has 1 aromatic rings. The molecule has 0 saturated carbocycles. The molecule has 0 saturated heterocycles. The average Bonchev–Trinajstić information content (AvgIpc) is 2.57. The molecule has 1 unspecified atom stereocenters. The maximum atomic E-state index is 13.0. The van der Waals surface area contributed by atoms with E-state index in [0.29, 0.717) is 6.42 Å². The summed E-state index contributed by atoms with van der Waals surface area (Å²) in [6.45, 7) is 3.10. The highest BCUT2D eigenvalue weighted by Crippen LogP contribution is 2.28. The Balaban J connectivity index is 2.84. The lowest BCUT2D eigenvalue weighted by atomic mass is 10.2. The molecule has 0 fully saturated rings. The molecular formula is C18H24F7NO3. The average molecular weight is 435 g/mol. The van der Waals surface area contributed by atoms with Crippen LogP contribution in [0.4, 0.5) is 30.7 Å². The van der Waals surface area contributed by atoms with E-state index >= 15 is 0 Å². The molecule has 0 bridgehead atoms. The second-order valence-electron chi connectivity index (χ2n) is 6.68. The monoisotopic (exact) mass is 435 g/mol. The minimum atomic E-state index is -4.82. The lowest BCUT2D eigenvalue weighted by molar-refractivity contribution is -0.253. The van der Waals surface area contributed by atoms with Crippen molar-refractivity contribution < 1.29 is 45.3 Å². The van der Waals surface area contributed by atoms with Crippen molar-refractivity contribution in [3.63, 3.8) is 0 Å². The number of benzene rings is 1. The zero-order valence-corrected chi connectivity index (χ0v) is 15.9. The smallest absolute Gasteiger partial charge is 0.428 e. The van der Waals surface area contributed by atoms with Gasteiger partial charge in [0.2, 0.25) is 0 Å². The summed E-state index contributed by atoms with van der Waals surface area (Å²) in [5.74, 6) is -0.549. The van der Waals surface area contributed by atoms with Crippen LogP contribution in [0.15, 0.2) is 24.3 Å². The highest BCUT2D eigenvalue weighted by Gasteiger charge is 2.44. The van der Waals surface area contributed by atoms with E-state index in [1.165, 1.54) is 17.0 Å². The molecule has 0 aliphatic rings. The highest BCUT2D eigenvalue weighted by molar-refractivity contribution is 5.28. The van der Waals surface area contributed by atoms with Gasteiger partial charge in [-0.2, -0.15) is 30.7 Å². The Bertz CT molecular complexity index is 611. The Morgan fingerprint density at radius 3 is 2.31 bits per heavy atom. The van der Waals surface area contributed by atoms with Gasteiger partial charge in [-0.3, -0.25) is 4.90 Å². The van der Waals surface area contributed by atoms with Gasteiger partial charge in [0.1, 0.15) is 5.75 Å². The lowest BCUT2D eigenvalue weighted by Crippen LogP contribution is -2.41. The summed E-state index contributed by atoms with van der Waals surface area (Å²) in [5, 5.41) is 9.34. The van der Waals surface area contributed by atoms with E-state index in [1.807, 2.05) is 0 Å². The molecule has 1 N–H and O–H groups in total. The van der Waals surface area contributed by atoms with Gasteiger partial charge < -0.3 is 14.6 Å². The summed E-state index contributed by atoms with van der Waals surface area (Å²) in [5.41, 5.74) is 0.256. The van der Waals surface area contributed by atoms with Crippen molar-refractivity contribution >= 4 is 0 Å². The molecule has 0 spiro atoms. The van der Waals surface area contributed by atoms with Gasteiger partial charge in [-0.1, -0.05) is 12.1 Å². The number of aliphatic hydroxyl groups is 1. The molecule has 11 heteroatoms. The number of halogens is 7. The van der Waals surface area contributed by atoms with Gasteiger partial charge in [-0.15, -0.1) is 0 Å². The van der Waals surface area contributed by atoms with E-state index in [2.05, 4.69) is 4.74 Å². The second-order valence-corrected chi connectivity index (χ2v) is 6.68. The maximum absolute atomic E-state index is 13.0. The quantitative estimate of drug-likeness (QED) is 0.389. The fraction of sp³-hybridized carbons (Fsp3) is 0.667. The van der Waals surface area contributed by atoms with Crippen LogP contribution in [-0.4, -0.2) is 60.6 Å². The summed E-state index contributed by atoms with van der Waals surface area (Å²) in [6.07, 6.45) is -15.9. The van der Waals surface area contributed by atoms with Crippen LogP contribution in [0, 0.1) is 0 Å². The Morgan fingerprint density at radius 2 is 1.76 bits per heavy atom. The number of hydrogen-bond acceptors (Lipinski definition) is 4. The van der Waals surface area contributed by atoms with E-state index in [1.54, 1.807) is 13.8 Å². The van der Waals surface area contributed by atoms with Crippen LogP contribution < -0.4 is 4.74 Å². The normalized spacial score (nSPS) is 14.1. The number of ether oxygens (including phenoxy) is 2. The van der Waals surface area contributed by atoms with Crippen LogP contribution in [0.3, 0.4) is 0 Å². The van der Waals surface area contributed by atoms with Crippen molar-refractivity contribution in [1.29, 1.82) is 0 Å². The van der Waals surface area contributed by atoms with E-state index in [-0.39, 0.29) is 31.4 Å². The van der Waals surface area contributed by atoms with E-state index in [4.69, 9.17) is 4.74 Å². The van der Waals surface area contributed by atoms with Crippen LogP contribution in [0.1, 0.15) is 25.8 Å². The molecule has 0 aliphatic heterocycles. The Kier molecular flexibility index (Phi) is 9.63. The van der Waals surface area contributed by atoms with E-state index in [0.717, 1.165) is 12.1 Å². The molecule has 1 aromatic carbocycles. The Morgan fingerprint density at radius 1 is 1.10 bits per heavy atom. The third kappa shape index (κ3) is 9.64. The summed E-state index contributed by atoms with van der Waals surface area (Å²) in [4.78, 5) is 1.27. The van der Waals surface area contributed by atoms with Crippen molar-refractivity contribution in [1.82, 2.24) is 4.90 Å². The van der Waals surface area contributed by atoms with Gasteiger partial charge in [0.25, 0.3) is 0 Å². The van der Waals surface area contributed by atoms with Gasteiger partial charge in [0.05, 0.1) is 6.10 Å². The first-order chi connectivity index (χ1) is 13.3. The van der Waals surface area contributed by atoms with Crippen molar-refractivity contribution in [3.8, 4) is 5.75 Å².